The highest BCUT2D eigenvalue weighted by molar-refractivity contribution is 6.35. The van der Waals surface area contributed by atoms with Crippen LogP contribution in [0.4, 0.5) is 0 Å². The Kier molecular flexibility index (Phi) is 8.08. The number of carbonyl (C=O) groups is 2. The van der Waals surface area contributed by atoms with E-state index in [1.165, 1.54) is 6.08 Å². The van der Waals surface area contributed by atoms with Gasteiger partial charge in [0.15, 0.2) is 0 Å². The van der Waals surface area contributed by atoms with Crippen LogP contribution < -0.4 is 10.6 Å². The predicted molar refractivity (Wildman–Crippen MR) is 113 cm³/mol. The van der Waals surface area contributed by atoms with E-state index in [0.29, 0.717) is 23.1 Å². The monoisotopic (exact) mass is 422 g/mol. The Morgan fingerprint density at radius 3 is 2.50 bits per heavy atom. The number of rotatable bonds is 8. The number of halogens is 2. The van der Waals surface area contributed by atoms with Crippen LogP contribution in [0.25, 0.3) is 6.08 Å². The summed E-state index contributed by atoms with van der Waals surface area (Å²) in [6.07, 6.45) is 3.94. The first kappa shape index (κ1) is 22.0. The van der Waals surface area contributed by atoms with Gasteiger partial charge in [-0.2, -0.15) is 5.10 Å². The van der Waals surface area contributed by atoms with Crippen molar-refractivity contribution < 1.29 is 9.59 Å². The number of nitrogens with one attached hydrogen (secondary N) is 2. The van der Waals surface area contributed by atoms with Gasteiger partial charge >= 0.3 is 0 Å². The van der Waals surface area contributed by atoms with Gasteiger partial charge in [0.05, 0.1) is 18.8 Å². The highest BCUT2D eigenvalue weighted by Crippen LogP contribution is 2.26. The van der Waals surface area contributed by atoms with Crippen molar-refractivity contribution >= 4 is 41.1 Å². The van der Waals surface area contributed by atoms with Crippen LogP contribution in [-0.4, -0.2) is 34.7 Å². The molecule has 6 nitrogen and oxygen atoms in total. The number of aryl methyl sites for hydroxylation is 1. The largest absolute Gasteiger partial charge is 0.355 e. The van der Waals surface area contributed by atoms with Gasteiger partial charge in [-0.25, -0.2) is 0 Å². The van der Waals surface area contributed by atoms with Crippen molar-refractivity contribution in [2.24, 2.45) is 0 Å². The van der Waals surface area contributed by atoms with Crippen molar-refractivity contribution in [2.75, 3.05) is 13.1 Å². The fourth-order valence-electron chi connectivity index (χ4n) is 2.65. The third-order valence-corrected chi connectivity index (χ3v) is 4.91. The van der Waals surface area contributed by atoms with Crippen LogP contribution in [0, 0.1) is 13.8 Å². The van der Waals surface area contributed by atoms with Crippen molar-refractivity contribution in [3.8, 4) is 0 Å². The number of amides is 2. The molecule has 0 unspecified atom stereocenters. The Balaban J connectivity index is 2.06. The van der Waals surface area contributed by atoms with E-state index in [4.69, 9.17) is 23.2 Å². The summed E-state index contributed by atoms with van der Waals surface area (Å²) in [6, 6.07) is 5.37. The summed E-state index contributed by atoms with van der Waals surface area (Å²) >= 11 is 12.5. The Bertz CT molecular complexity index is 870. The van der Waals surface area contributed by atoms with Gasteiger partial charge in [0.25, 0.3) is 0 Å². The maximum absolute atomic E-state index is 12.0. The molecule has 0 radical (unpaired) electrons. The second-order valence-electron chi connectivity index (χ2n) is 6.34. The molecule has 1 aromatic heterocycles. The first-order chi connectivity index (χ1) is 13.3. The van der Waals surface area contributed by atoms with E-state index < -0.39 is 0 Å². The lowest BCUT2D eigenvalue weighted by atomic mass is 10.1. The molecule has 0 aliphatic heterocycles. The van der Waals surface area contributed by atoms with E-state index in [-0.39, 0.29) is 18.4 Å². The Hall–Kier alpha value is -2.31. The molecule has 2 N–H and O–H groups in total. The van der Waals surface area contributed by atoms with Crippen molar-refractivity contribution in [1.82, 2.24) is 20.4 Å². The maximum Gasteiger partial charge on any atom is 0.244 e. The van der Waals surface area contributed by atoms with E-state index in [9.17, 15) is 9.59 Å². The molecule has 0 aliphatic rings. The van der Waals surface area contributed by atoms with E-state index in [1.807, 2.05) is 20.8 Å². The molecule has 8 heteroatoms. The van der Waals surface area contributed by atoms with E-state index >= 15 is 0 Å². The third-order valence-electron chi connectivity index (χ3n) is 4.20. The lowest BCUT2D eigenvalue weighted by Gasteiger charge is -2.09. The van der Waals surface area contributed by atoms with Crippen LogP contribution in [0.2, 0.25) is 10.0 Å². The van der Waals surface area contributed by atoms with Crippen LogP contribution in [0.5, 0.6) is 0 Å². The van der Waals surface area contributed by atoms with Crippen molar-refractivity contribution in [2.45, 2.75) is 33.7 Å². The molecule has 0 spiro atoms. The van der Waals surface area contributed by atoms with Crippen molar-refractivity contribution in [3.05, 3.63) is 56.8 Å². The minimum Gasteiger partial charge on any atom is -0.355 e. The Morgan fingerprint density at radius 2 is 1.86 bits per heavy atom. The van der Waals surface area contributed by atoms with Gasteiger partial charge < -0.3 is 10.6 Å². The molecule has 2 rings (SSSR count). The average Bonchev–Trinajstić information content (AvgIpc) is 2.92. The Labute approximate surface area is 174 Å². The standard InChI is InChI=1S/C20H24Cl2N4O2/c1-4-10-23-20(28)11-24-19(27)9-8-15-13(2)25-26(14(15)3)12-16-17(21)6-5-7-18(16)22/h5-9H,4,10-12H2,1-3H3,(H,23,28)(H,24,27)/b9-8+. The third kappa shape index (κ3) is 5.84. The van der Waals surface area contributed by atoms with Gasteiger partial charge in [-0.15, -0.1) is 0 Å². The van der Waals surface area contributed by atoms with Gasteiger partial charge in [0, 0.05) is 39.5 Å². The quantitative estimate of drug-likeness (QED) is 0.638. The normalized spacial score (nSPS) is 11.0. The van der Waals surface area contributed by atoms with Crippen LogP contribution >= 0.6 is 23.2 Å². The minimum absolute atomic E-state index is 0.0502. The van der Waals surface area contributed by atoms with E-state index in [2.05, 4.69) is 15.7 Å². The molecule has 0 saturated carbocycles. The SMILES string of the molecule is CCCNC(=O)CNC(=O)/C=C/c1c(C)nn(Cc2c(Cl)cccc2Cl)c1C. The second-order valence-corrected chi connectivity index (χ2v) is 7.16. The number of carbonyl (C=O) groups excluding carboxylic acids is 2. The van der Waals surface area contributed by atoms with Crippen LogP contribution in [0.15, 0.2) is 24.3 Å². The molecule has 0 saturated heterocycles. The number of aromatic nitrogens is 2. The molecule has 1 aromatic carbocycles. The summed E-state index contributed by atoms with van der Waals surface area (Å²) in [5.74, 6) is -0.548. The van der Waals surface area contributed by atoms with Gasteiger partial charge in [0.1, 0.15) is 0 Å². The van der Waals surface area contributed by atoms with Gasteiger partial charge in [0.2, 0.25) is 11.8 Å². The number of nitrogens with zero attached hydrogens (tertiary/aromatic N) is 2. The lowest BCUT2D eigenvalue weighted by molar-refractivity contribution is -0.123. The zero-order valence-electron chi connectivity index (χ0n) is 16.2. The summed E-state index contributed by atoms with van der Waals surface area (Å²) in [7, 11) is 0. The average molecular weight is 423 g/mol. The van der Waals surface area contributed by atoms with Crippen LogP contribution in [0.3, 0.4) is 0 Å². The topological polar surface area (TPSA) is 76.0 Å². The molecule has 150 valence electrons. The highest BCUT2D eigenvalue weighted by Gasteiger charge is 2.13. The van der Waals surface area contributed by atoms with Crippen LogP contribution in [0.1, 0.15) is 35.9 Å². The lowest BCUT2D eigenvalue weighted by Crippen LogP contribution is -2.36. The molecule has 0 aliphatic carbocycles. The minimum atomic E-state index is -0.340. The molecule has 0 atom stereocenters. The summed E-state index contributed by atoms with van der Waals surface area (Å²) in [5, 5.41) is 11.0. The molecule has 0 fully saturated rings. The molecule has 2 amide bonds. The number of hydrogen-bond donors (Lipinski definition) is 2. The first-order valence-electron chi connectivity index (χ1n) is 9.03. The fourth-order valence-corrected chi connectivity index (χ4v) is 3.17. The van der Waals surface area contributed by atoms with E-state index in [0.717, 1.165) is 28.9 Å². The number of benzene rings is 1. The maximum atomic E-state index is 12.0. The van der Waals surface area contributed by atoms with Gasteiger partial charge in [-0.3, -0.25) is 14.3 Å². The second kappa shape index (κ2) is 10.3. The summed E-state index contributed by atoms with van der Waals surface area (Å²) in [5.41, 5.74) is 3.31. The molecular weight excluding hydrogens is 399 g/mol. The summed E-state index contributed by atoms with van der Waals surface area (Å²) < 4.78 is 1.80. The molecule has 28 heavy (non-hydrogen) atoms. The van der Waals surface area contributed by atoms with Crippen molar-refractivity contribution in [3.63, 3.8) is 0 Å². The fraction of sp³-hybridized carbons (Fsp3) is 0.350. The molecular formula is C20H24Cl2N4O2. The number of hydrogen-bond acceptors (Lipinski definition) is 3. The smallest absolute Gasteiger partial charge is 0.244 e. The van der Waals surface area contributed by atoms with Gasteiger partial charge in [-0.05, 0) is 38.5 Å². The zero-order chi connectivity index (χ0) is 20.7. The first-order valence-corrected chi connectivity index (χ1v) is 9.78. The predicted octanol–water partition coefficient (Wildman–Crippen LogP) is 3.51. The van der Waals surface area contributed by atoms with Crippen LogP contribution in [-0.2, 0) is 16.1 Å². The van der Waals surface area contributed by atoms with E-state index in [1.54, 1.807) is 29.0 Å². The molecule has 1 heterocycles. The van der Waals surface area contributed by atoms with Crippen molar-refractivity contribution in [1.29, 1.82) is 0 Å². The zero-order valence-corrected chi connectivity index (χ0v) is 17.7. The molecule has 2 aromatic rings. The highest BCUT2D eigenvalue weighted by atomic mass is 35.5. The Morgan fingerprint density at radius 1 is 1.18 bits per heavy atom. The summed E-state index contributed by atoms with van der Waals surface area (Å²) in [6.45, 7) is 6.73. The summed E-state index contributed by atoms with van der Waals surface area (Å²) in [4.78, 5) is 23.5. The molecule has 0 bridgehead atoms. The van der Waals surface area contributed by atoms with Gasteiger partial charge in [-0.1, -0.05) is 36.2 Å².